The molecule has 1 aromatic heterocycles. The van der Waals surface area contributed by atoms with Crippen molar-refractivity contribution >= 4 is 16.5 Å². The molecular formula is C16H22FN3O2S. The highest BCUT2D eigenvalue weighted by atomic mass is 32.1. The van der Waals surface area contributed by atoms with Crippen LogP contribution in [0.2, 0.25) is 0 Å². The molecule has 1 unspecified atom stereocenters. The lowest BCUT2D eigenvalue weighted by Crippen LogP contribution is -2.31. The highest BCUT2D eigenvalue weighted by Crippen LogP contribution is 2.24. The molecule has 5 nitrogen and oxygen atoms in total. The van der Waals surface area contributed by atoms with Gasteiger partial charge in [-0.05, 0) is 31.2 Å². The maximum Gasteiger partial charge on any atom is 0.185 e. The number of aryl methyl sites for hydroxylation is 1. The quantitative estimate of drug-likeness (QED) is 0.772. The number of hydrogen-bond acceptors (Lipinski definition) is 6. The summed E-state index contributed by atoms with van der Waals surface area (Å²) in [5, 5.41) is 14.1. The minimum absolute atomic E-state index is 0.156. The van der Waals surface area contributed by atoms with Crippen LogP contribution in [0.1, 0.15) is 10.6 Å². The first-order valence-electron chi connectivity index (χ1n) is 7.36. The molecule has 0 bridgehead atoms. The molecular weight excluding hydrogens is 317 g/mol. The van der Waals surface area contributed by atoms with Gasteiger partial charge in [-0.3, -0.25) is 0 Å². The Morgan fingerprint density at radius 2 is 2.04 bits per heavy atom. The summed E-state index contributed by atoms with van der Waals surface area (Å²) < 4.78 is 18.2. The lowest BCUT2D eigenvalue weighted by molar-refractivity contribution is 0.106. The average molecular weight is 339 g/mol. The highest BCUT2D eigenvalue weighted by Gasteiger charge is 2.10. The van der Waals surface area contributed by atoms with Gasteiger partial charge in [0.05, 0.1) is 5.69 Å². The number of anilines is 1. The zero-order chi connectivity index (χ0) is 16.8. The molecule has 0 fully saturated rings. The third-order valence-electron chi connectivity index (χ3n) is 3.19. The molecule has 0 saturated carbocycles. The lowest BCUT2D eigenvalue weighted by Gasteiger charge is -2.13. The second-order valence-electron chi connectivity index (χ2n) is 5.45. The van der Waals surface area contributed by atoms with Gasteiger partial charge in [-0.25, -0.2) is 9.37 Å². The number of aromatic nitrogens is 1. The Labute approximate surface area is 139 Å². The van der Waals surface area contributed by atoms with E-state index in [2.05, 4.69) is 10.3 Å². The smallest absolute Gasteiger partial charge is 0.185 e. The van der Waals surface area contributed by atoms with E-state index >= 15 is 0 Å². The van der Waals surface area contributed by atoms with E-state index in [1.165, 1.54) is 12.1 Å². The van der Waals surface area contributed by atoms with Crippen LogP contribution >= 0.6 is 11.3 Å². The molecule has 7 heteroatoms. The molecule has 1 aromatic carbocycles. The number of aliphatic hydroxyl groups is 1. The minimum atomic E-state index is -0.637. The van der Waals surface area contributed by atoms with Crippen molar-refractivity contribution in [1.82, 2.24) is 10.3 Å². The van der Waals surface area contributed by atoms with E-state index in [0.29, 0.717) is 18.8 Å². The predicted octanol–water partition coefficient (Wildman–Crippen LogP) is 2.19. The lowest BCUT2D eigenvalue weighted by atomic mass is 10.3. The Morgan fingerprint density at radius 1 is 1.35 bits per heavy atom. The number of benzene rings is 1. The molecule has 0 amide bonds. The molecule has 2 rings (SSSR count). The predicted molar refractivity (Wildman–Crippen MR) is 90.8 cm³/mol. The van der Waals surface area contributed by atoms with Crippen molar-refractivity contribution in [2.45, 2.75) is 19.6 Å². The van der Waals surface area contributed by atoms with Crippen LogP contribution < -0.4 is 15.0 Å². The van der Waals surface area contributed by atoms with Gasteiger partial charge in [0.1, 0.15) is 24.3 Å². The SMILES string of the molecule is Cc1nc(N(C)C)sc1CNCC(O)COc1ccc(F)cc1. The van der Waals surface area contributed by atoms with E-state index in [9.17, 15) is 9.50 Å². The maximum absolute atomic E-state index is 12.8. The van der Waals surface area contributed by atoms with Crippen molar-refractivity contribution in [3.63, 3.8) is 0 Å². The average Bonchev–Trinajstić information content (AvgIpc) is 2.88. The van der Waals surface area contributed by atoms with E-state index < -0.39 is 6.10 Å². The van der Waals surface area contributed by atoms with Crippen LogP contribution in [0.25, 0.3) is 0 Å². The summed E-state index contributed by atoms with van der Waals surface area (Å²) in [6.45, 7) is 3.21. The molecule has 0 aliphatic rings. The summed E-state index contributed by atoms with van der Waals surface area (Å²) >= 11 is 1.63. The van der Waals surface area contributed by atoms with Crippen LogP contribution in [0.4, 0.5) is 9.52 Å². The summed E-state index contributed by atoms with van der Waals surface area (Å²) in [6, 6.07) is 5.74. The molecule has 0 aliphatic heterocycles. The van der Waals surface area contributed by atoms with Gasteiger partial charge in [0.25, 0.3) is 0 Å². The van der Waals surface area contributed by atoms with E-state index in [4.69, 9.17) is 4.74 Å². The summed E-state index contributed by atoms with van der Waals surface area (Å²) in [7, 11) is 3.93. The highest BCUT2D eigenvalue weighted by molar-refractivity contribution is 7.15. The molecule has 2 N–H and O–H groups in total. The molecule has 0 aliphatic carbocycles. The Hall–Kier alpha value is -1.70. The molecule has 0 spiro atoms. The molecule has 1 heterocycles. The first-order valence-corrected chi connectivity index (χ1v) is 8.18. The Bertz CT molecular complexity index is 616. The zero-order valence-electron chi connectivity index (χ0n) is 13.5. The fraction of sp³-hybridized carbons (Fsp3) is 0.438. The first-order chi connectivity index (χ1) is 11.0. The van der Waals surface area contributed by atoms with E-state index in [0.717, 1.165) is 15.7 Å². The van der Waals surface area contributed by atoms with Gasteiger partial charge < -0.3 is 20.1 Å². The molecule has 126 valence electrons. The second-order valence-corrected chi connectivity index (χ2v) is 6.51. The van der Waals surface area contributed by atoms with Gasteiger partial charge in [0, 0.05) is 32.1 Å². The summed E-state index contributed by atoms with van der Waals surface area (Å²) in [5.74, 6) is 0.232. The third kappa shape index (κ3) is 5.46. The number of halogens is 1. The molecule has 0 saturated heterocycles. The van der Waals surface area contributed by atoms with Gasteiger partial charge in [-0.2, -0.15) is 0 Å². The van der Waals surface area contributed by atoms with Gasteiger partial charge >= 0.3 is 0 Å². The summed E-state index contributed by atoms with van der Waals surface area (Å²) in [4.78, 5) is 7.61. The van der Waals surface area contributed by atoms with Crippen LogP contribution in [0.3, 0.4) is 0 Å². The number of thiazole rings is 1. The van der Waals surface area contributed by atoms with E-state index in [1.807, 2.05) is 25.9 Å². The maximum atomic E-state index is 12.8. The van der Waals surface area contributed by atoms with Crippen molar-refractivity contribution in [2.75, 3.05) is 32.1 Å². The fourth-order valence-electron chi connectivity index (χ4n) is 1.90. The number of hydrogen-bond donors (Lipinski definition) is 2. The number of rotatable bonds is 8. The molecule has 0 radical (unpaired) electrons. The van der Waals surface area contributed by atoms with Gasteiger partial charge in [-0.15, -0.1) is 11.3 Å². The number of ether oxygens (including phenoxy) is 1. The van der Waals surface area contributed by atoms with E-state index in [-0.39, 0.29) is 12.4 Å². The van der Waals surface area contributed by atoms with Crippen LogP contribution in [-0.2, 0) is 6.54 Å². The topological polar surface area (TPSA) is 57.6 Å². The number of aliphatic hydroxyl groups excluding tert-OH is 1. The third-order valence-corrected chi connectivity index (χ3v) is 4.51. The van der Waals surface area contributed by atoms with Crippen molar-refractivity contribution < 1.29 is 14.2 Å². The number of nitrogens with zero attached hydrogens (tertiary/aromatic N) is 2. The van der Waals surface area contributed by atoms with Gasteiger partial charge in [0.15, 0.2) is 5.13 Å². The van der Waals surface area contributed by atoms with Crippen LogP contribution in [0.5, 0.6) is 5.75 Å². The minimum Gasteiger partial charge on any atom is -0.491 e. The first kappa shape index (κ1) is 17.7. The van der Waals surface area contributed by atoms with Crippen molar-refractivity contribution in [3.8, 4) is 5.75 Å². The summed E-state index contributed by atoms with van der Waals surface area (Å²) in [6.07, 6.45) is -0.637. The molecule has 2 aromatic rings. The summed E-state index contributed by atoms with van der Waals surface area (Å²) in [5.41, 5.74) is 1.00. The van der Waals surface area contributed by atoms with E-state index in [1.54, 1.807) is 23.5 Å². The Balaban J connectivity index is 1.72. The Kier molecular flexibility index (Phi) is 6.32. The largest absolute Gasteiger partial charge is 0.491 e. The van der Waals surface area contributed by atoms with Gasteiger partial charge in [-0.1, -0.05) is 0 Å². The zero-order valence-corrected chi connectivity index (χ0v) is 14.4. The van der Waals surface area contributed by atoms with Crippen LogP contribution in [0, 0.1) is 12.7 Å². The normalized spacial score (nSPS) is 12.2. The fourth-order valence-corrected chi connectivity index (χ4v) is 2.86. The number of nitrogens with one attached hydrogen (secondary N) is 1. The van der Waals surface area contributed by atoms with Gasteiger partial charge in [0.2, 0.25) is 0 Å². The van der Waals surface area contributed by atoms with Crippen LogP contribution in [0.15, 0.2) is 24.3 Å². The second kappa shape index (κ2) is 8.24. The molecule has 1 atom stereocenters. The standard InChI is InChI=1S/C16H22FN3O2S/c1-11-15(23-16(19-11)20(2)3)9-18-8-13(21)10-22-14-6-4-12(17)5-7-14/h4-7,13,18,21H,8-10H2,1-3H3. The van der Waals surface area contributed by atoms with Crippen molar-refractivity contribution in [3.05, 3.63) is 40.7 Å². The van der Waals surface area contributed by atoms with Crippen molar-refractivity contribution in [1.29, 1.82) is 0 Å². The van der Waals surface area contributed by atoms with Crippen LogP contribution in [-0.4, -0.2) is 43.4 Å². The van der Waals surface area contributed by atoms with Crippen molar-refractivity contribution in [2.24, 2.45) is 0 Å². The Morgan fingerprint density at radius 3 is 2.65 bits per heavy atom. The monoisotopic (exact) mass is 339 g/mol. The molecule has 23 heavy (non-hydrogen) atoms.